The number of carbonyl (C=O) groups excluding carboxylic acids is 2. The van der Waals surface area contributed by atoms with Crippen LogP contribution in [-0.4, -0.2) is 16.7 Å². The topological polar surface area (TPSA) is 59.1 Å². The number of hydrogen-bond acceptors (Lipinski definition) is 4. The smallest absolute Gasteiger partial charge is 0.220 e. The van der Waals surface area contributed by atoms with Gasteiger partial charge in [-0.05, 0) is 29.8 Å². The van der Waals surface area contributed by atoms with Gasteiger partial charge in [0.15, 0.2) is 5.78 Å². The van der Waals surface area contributed by atoms with E-state index >= 15 is 0 Å². The summed E-state index contributed by atoms with van der Waals surface area (Å²) in [5.41, 5.74) is 2.42. The van der Waals surface area contributed by atoms with E-state index in [-0.39, 0.29) is 30.3 Å². The van der Waals surface area contributed by atoms with Gasteiger partial charge in [-0.1, -0.05) is 30.3 Å². The van der Waals surface area contributed by atoms with Gasteiger partial charge >= 0.3 is 0 Å². The Morgan fingerprint density at radius 3 is 2.48 bits per heavy atom. The molecule has 0 spiro atoms. The lowest BCUT2D eigenvalue weighted by molar-refractivity contribution is -0.121. The van der Waals surface area contributed by atoms with Gasteiger partial charge in [-0.25, -0.2) is 9.37 Å². The minimum Gasteiger partial charge on any atom is -0.350 e. The van der Waals surface area contributed by atoms with Gasteiger partial charge in [0, 0.05) is 30.2 Å². The Bertz CT molecular complexity index is 907. The monoisotopic (exact) mass is 382 g/mol. The van der Waals surface area contributed by atoms with E-state index < -0.39 is 0 Å². The zero-order valence-electron chi connectivity index (χ0n) is 14.7. The normalized spacial score (nSPS) is 10.6. The van der Waals surface area contributed by atoms with E-state index in [1.54, 1.807) is 11.3 Å². The van der Waals surface area contributed by atoms with Crippen LogP contribution in [0.25, 0.3) is 0 Å². The van der Waals surface area contributed by atoms with Gasteiger partial charge in [-0.3, -0.25) is 9.59 Å². The minimum absolute atomic E-state index is 0.0911. The molecule has 138 valence electrons. The largest absolute Gasteiger partial charge is 0.350 e. The summed E-state index contributed by atoms with van der Waals surface area (Å²) in [6.07, 6.45) is 0.955. The summed E-state index contributed by atoms with van der Waals surface area (Å²) in [5.74, 6) is -0.772. The van der Waals surface area contributed by atoms with Gasteiger partial charge in [0.25, 0.3) is 0 Å². The highest BCUT2D eigenvalue weighted by Gasteiger charge is 2.10. The third kappa shape index (κ3) is 5.82. The molecule has 2 aromatic carbocycles. The third-order valence-electron chi connectivity index (χ3n) is 4.01. The van der Waals surface area contributed by atoms with Crippen LogP contribution in [0.2, 0.25) is 0 Å². The summed E-state index contributed by atoms with van der Waals surface area (Å²) in [6, 6.07) is 15.4. The molecule has 0 unspecified atom stereocenters. The molecular weight excluding hydrogens is 363 g/mol. The number of Topliss-reactive ketones (excluding diaryl/α,β-unsaturated/α-hetero) is 1. The zero-order chi connectivity index (χ0) is 19.1. The van der Waals surface area contributed by atoms with Gasteiger partial charge in [0.2, 0.25) is 5.91 Å². The summed E-state index contributed by atoms with van der Waals surface area (Å²) in [6.45, 7) is 0.342. The van der Waals surface area contributed by atoms with E-state index in [1.807, 2.05) is 23.6 Å². The third-order valence-corrected chi connectivity index (χ3v) is 4.91. The number of carbonyl (C=O) groups is 2. The van der Waals surface area contributed by atoms with E-state index in [9.17, 15) is 14.0 Å². The number of nitrogens with zero attached hydrogens (tertiary/aromatic N) is 1. The van der Waals surface area contributed by atoms with Crippen molar-refractivity contribution in [1.82, 2.24) is 10.3 Å². The van der Waals surface area contributed by atoms with Crippen molar-refractivity contribution in [2.24, 2.45) is 0 Å². The highest BCUT2D eigenvalue weighted by Crippen LogP contribution is 2.15. The van der Waals surface area contributed by atoms with Crippen LogP contribution in [0.3, 0.4) is 0 Å². The molecule has 0 fully saturated rings. The Morgan fingerprint density at radius 2 is 1.74 bits per heavy atom. The Hall–Kier alpha value is -2.86. The molecule has 0 bridgehead atoms. The molecule has 27 heavy (non-hydrogen) atoms. The first kappa shape index (κ1) is 18.9. The van der Waals surface area contributed by atoms with Crippen LogP contribution in [0.15, 0.2) is 60.0 Å². The number of thiazole rings is 1. The second-order valence-electron chi connectivity index (χ2n) is 6.10. The fraction of sp³-hybridized carbons (Fsp3) is 0.190. The van der Waals surface area contributed by atoms with Crippen LogP contribution in [0.4, 0.5) is 4.39 Å². The van der Waals surface area contributed by atoms with Crippen molar-refractivity contribution >= 4 is 23.0 Å². The molecule has 6 heteroatoms. The van der Waals surface area contributed by atoms with Crippen molar-refractivity contribution in [3.63, 3.8) is 0 Å². The van der Waals surface area contributed by atoms with Crippen LogP contribution < -0.4 is 5.32 Å². The van der Waals surface area contributed by atoms with Crippen molar-refractivity contribution < 1.29 is 14.0 Å². The lowest BCUT2D eigenvalue weighted by Crippen LogP contribution is -2.23. The lowest BCUT2D eigenvalue weighted by atomic mass is 10.1. The van der Waals surface area contributed by atoms with E-state index in [1.165, 1.54) is 29.8 Å². The number of rotatable bonds is 8. The Kier molecular flexibility index (Phi) is 6.44. The number of ketones is 1. The first-order valence-corrected chi connectivity index (χ1v) is 9.51. The molecule has 0 radical (unpaired) electrons. The Labute approximate surface area is 161 Å². The average Bonchev–Trinajstić information content (AvgIpc) is 3.13. The molecule has 1 aromatic heterocycles. The predicted molar refractivity (Wildman–Crippen MR) is 103 cm³/mol. The molecule has 4 nitrogen and oxygen atoms in total. The minimum atomic E-state index is -0.390. The average molecular weight is 382 g/mol. The number of nitrogens with one attached hydrogen (secondary N) is 1. The van der Waals surface area contributed by atoms with Gasteiger partial charge in [0.1, 0.15) is 5.82 Å². The van der Waals surface area contributed by atoms with Crippen molar-refractivity contribution in [2.45, 2.75) is 25.8 Å². The molecular formula is C21H19FN2O2S. The number of halogens is 1. The maximum atomic E-state index is 12.9. The van der Waals surface area contributed by atoms with Gasteiger partial charge in [-0.15, -0.1) is 11.3 Å². The quantitative estimate of drug-likeness (QED) is 0.596. The first-order valence-electron chi connectivity index (χ1n) is 8.63. The van der Waals surface area contributed by atoms with Gasteiger partial charge in [-0.2, -0.15) is 0 Å². The Morgan fingerprint density at radius 1 is 1.00 bits per heavy atom. The van der Waals surface area contributed by atoms with E-state index in [0.29, 0.717) is 12.1 Å². The summed E-state index contributed by atoms with van der Waals surface area (Å²) in [7, 11) is 0. The molecule has 0 saturated carbocycles. The van der Waals surface area contributed by atoms with Gasteiger partial charge in [0.05, 0.1) is 17.2 Å². The van der Waals surface area contributed by atoms with Crippen LogP contribution in [0, 0.1) is 5.82 Å². The van der Waals surface area contributed by atoms with E-state index in [4.69, 9.17) is 0 Å². The van der Waals surface area contributed by atoms with Crippen molar-refractivity contribution in [1.29, 1.82) is 0 Å². The van der Waals surface area contributed by atoms with Crippen molar-refractivity contribution in [3.8, 4) is 0 Å². The zero-order valence-corrected chi connectivity index (χ0v) is 15.5. The standard InChI is InChI=1S/C21H19FN2O2S/c22-17-8-6-16(7-9-17)19(25)10-11-20(26)23-13-18-14-27-21(24-18)12-15-4-2-1-3-5-15/h1-9,14H,10-13H2,(H,23,26). The summed E-state index contributed by atoms with van der Waals surface area (Å²) >= 11 is 1.57. The van der Waals surface area contributed by atoms with E-state index in [2.05, 4.69) is 22.4 Å². The molecule has 0 atom stereocenters. The summed E-state index contributed by atoms with van der Waals surface area (Å²) < 4.78 is 12.9. The molecule has 1 heterocycles. The van der Waals surface area contributed by atoms with Gasteiger partial charge < -0.3 is 5.32 Å². The first-order chi connectivity index (χ1) is 13.1. The van der Waals surface area contributed by atoms with Crippen LogP contribution >= 0.6 is 11.3 Å². The molecule has 3 aromatic rings. The van der Waals surface area contributed by atoms with Crippen molar-refractivity contribution in [2.75, 3.05) is 0 Å². The Balaban J connectivity index is 1.42. The van der Waals surface area contributed by atoms with Crippen LogP contribution in [-0.2, 0) is 17.8 Å². The fourth-order valence-electron chi connectivity index (χ4n) is 2.57. The number of benzene rings is 2. The lowest BCUT2D eigenvalue weighted by Gasteiger charge is -2.03. The highest BCUT2D eigenvalue weighted by molar-refractivity contribution is 7.09. The van der Waals surface area contributed by atoms with Crippen molar-refractivity contribution in [3.05, 3.63) is 87.6 Å². The number of hydrogen-bond donors (Lipinski definition) is 1. The second-order valence-corrected chi connectivity index (χ2v) is 7.04. The molecule has 1 N–H and O–H groups in total. The molecule has 3 rings (SSSR count). The van der Waals surface area contributed by atoms with Crippen LogP contribution in [0.5, 0.6) is 0 Å². The molecule has 0 aliphatic heterocycles. The maximum absolute atomic E-state index is 12.9. The molecule has 0 aliphatic carbocycles. The van der Waals surface area contributed by atoms with E-state index in [0.717, 1.165) is 17.1 Å². The summed E-state index contributed by atoms with van der Waals surface area (Å²) in [4.78, 5) is 28.5. The molecule has 0 aliphatic rings. The molecule has 0 saturated heterocycles. The SMILES string of the molecule is O=C(CCC(=O)c1ccc(F)cc1)NCc1csc(Cc2ccccc2)n1. The molecule has 1 amide bonds. The highest BCUT2D eigenvalue weighted by atomic mass is 32.1. The number of aromatic nitrogens is 1. The second kappa shape index (κ2) is 9.19. The summed E-state index contributed by atoms with van der Waals surface area (Å²) in [5, 5.41) is 5.72. The maximum Gasteiger partial charge on any atom is 0.220 e. The fourth-order valence-corrected chi connectivity index (χ4v) is 3.39. The van der Waals surface area contributed by atoms with Crippen LogP contribution in [0.1, 0.15) is 39.5 Å². The predicted octanol–water partition coefficient (Wildman–Crippen LogP) is 4.15. The number of amides is 1.